The minimum absolute atomic E-state index is 0.377. The fourth-order valence-electron chi connectivity index (χ4n) is 2.44. The summed E-state index contributed by atoms with van der Waals surface area (Å²) < 4.78 is 0. The van der Waals surface area contributed by atoms with Crippen molar-refractivity contribution < 1.29 is 0 Å². The fourth-order valence-corrected chi connectivity index (χ4v) is 2.44. The molecule has 0 amide bonds. The Morgan fingerprint density at radius 3 is 3.00 bits per heavy atom. The molecule has 1 aliphatic heterocycles. The SMILES string of the molecule is CNCCC1CCCCN1c1cnc(C#N)cn1. The standard InChI is InChI=1S/C13H19N5/c1-15-6-5-12-4-2-3-7-18(12)13-10-16-11(8-14)9-17-13/h9-10,12,15H,2-7H2,1H3. The Morgan fingerprint density at radius 1 is 1.44 bits per heavy atom. The first-order valence-electron chi connectivity index (χ1n) is 6.48. The topological polar surface area (TPSA) is 64.8 Å². The number of hydrogen-bond donors (Lipinski definition) is 1. The summed E-state index contributed by atoms with van der Waals surface area (Å²) in [4.78, 5) is 10.8. The van der Waals surface area contributed by atoms with Crippen LogP contribution in [0.3, 0.4) is 0 Å². The van der Waals surface area contributed by atoms with E-state index in [0.717, 1.165) is 25.3 Å². The molecule has 0 aliphatic carbocycles. The molecule has 2 rings (SSSR count). The van der Waals surface area contributed by atoms with E-state index in [9.17, 15) is 0 Å². The molecule has 5 heteroatoms. The maximum atomic E-state index is 8.73. The van der Waals surface area contributed by atoms with Gasteiger partial charge in [0.15, 0.2) is 5.69 Å². The van der Waals surface area contributed by atoms with Gasteiger partial charge in [0.1, 0.15) is 11.9 Å². The van der Waals surface area contributed by atoms with Gasteiger partial charge in [-0.15, -0.1) is 0 Å². The third kappa shape index (κ3) is 2.96. The summed E-state index contributed by atoms with van der Waals surface area (Å²) >= 11 is 0. The minimum Gasteiger partial charge on any atom is -0.352 e. The molecule has 18 heavy (non-hydrogen) atoms. The van der Waals surface area contributed by atoms with Crippen LogP contribution in [-0.4, -0.2) is 36.1 Å². The molecule has 0 bridgehead atoms. The van der Waals surface area contributed by atoms with Gasteiger partial charge in [0.05, 0.1) is 12.4 Å². The van der Waals surface area contributed by atoms with E-state index in [0.29, 0.717) is 11.7 Å². The number of rotatable bonds is 4. The lowest BCUT2D eigenvalue weighted by atomic mass is 9.99. The third-order valence-corrected chi connectivity index (χ3v) is 3.40. The Hall–Kier alpha value is -1.67. The molecule has 2 heterocycles. The molecule has 1 aliphatic rings. The van der Waals surface area contributed by atoms with Crippen molar-refractivity contribution in [2.45, 2.75) is 31.7 Å². The van der Waals surface area contributed by atoms with Crippen molar-refractivity contribution in [3.8, 4) is 6.07 Å². The number of aromatic nitrogens is 2. The Balaban J connectivity index is 2.09. The van der Waals surface area contributed by atoms with Crippen LogP contribution >= 0.6 is 0 Å². The van der Waals surface area contributed by atoms with Gasteiger partial charge in [0.2, 0.25) is 0 Å². The van der Waals surface area contributed by atoms with Gasteiger partial charge in [-0.25, -0.2) is 9.97 Å². The van der Waals surface area contributed by atoms with Crippen LogP contribution in [0.5, 0.6) is 0 Å². The largest absolute Gasteiger partial charge is 0.352 e. The van der Waals surface area contributed by atoms with Gasteiger partial charge in [-0.1, -0.05) is 0 Å². The number of hydrogen-bond acceptors (Lipinski definition) is 5. The Bertz CT molecular complexity index is 408. The van der Waals surface area contributed by atoms with Crippen LogP contribution in [0.15, 0.2) is 12.4 Å². The van der Waals surface area contributed by atoms with E-state index in [-0.39, 0.29) is 0 Å². The predicted octanol–water partition coefficient (Wildman–Crippen LogP) is 1.32. The maximum absolute atomic E-state index is 8.73. The molecule has 1 aromatic heterocycles. The van der Waals surface area contributed by atoms with Crippen LogP contribution in [0.25, 0.3) is 0 Å². The van der Waals surface area contributed by atoms with Crippen LogP contribution in [0.2, 0.25) is 0 Å². The number of nitriles is 1. The van der Waals surface area contributed by atoms with E-state index >= 15 is 0 Å². The normalized spacial score (nSPS) is 19.6. The van der Waals surface area contributed by atoms with Gasteiger partial charge in [0.25, 0.3) is 0 Å². The summed E-state index contributed by atoms with van der Waals surface area (Å²) in [6.45, 7) is 2.06. The van der Waals surface area contributed by atoms with Crippen LogP contribution in [0.1, 0.15) is 31.4 Å². The number of anilines is 1. The van der Waals surface area contributed by atoms with Gasteiger partial charge in [-0.3, -0.25) is 0 Å². The molecule has 1 fully saturated rings. The molecule has 1 atom stereocenters. The zero-order chi connectivity index (χ0) is 12.8. The van der Waals surface area contributed by atoms with E-state index < -0.39 is 0 Å². The van der Waals surface area contributed by atoms with Crippen molar-refractivity contribution in [2.75, 3.05) is 25.0 Å². The molecule has 0 spiro atoms. The average molecular weight is 245 g/mol. The molecule has 1 N–H and O–H groups in total. The van der Waals surface area contributed by atoms with Gasteiger partial charge >= 0.3 is 0 Å². The first-order valence-corrected chi connectivity index (χ1v) is 6.48. The maximum Gasteiger partial charge on any atom is 0.158 e. The highest BCUT2D eigenvalue weighted by Crippen LogP contribution is 2.24. The zero-order valence-electron chi connectivity index (χ0n) is 10.8. The van der Waals surface area contributed by atoms with Gasteiger partial charge in [-0.2, -0.15) is 5.26 Å². The van der Waals surface area contributed by atoms with Gasteiger partial charge in [-0.05, 0) is 39.3 Å². The van der Waals surface area contributed by atoms with Crippen LogP contribution in [0.4, 0.5) is 5.82 Å². The number of piperidine rings is 1. The van der Waals surface area contributed by atoms with E-state index in [1.165, 1.54) is 19.3 Å². The monoisotopic (exact) mass is 245 g/mol. The highest BCUT2D eigenvalue weighted by molar-refractivity contribution is 5.39. The lowest BCUT2D eigenvalue weighted by Crippen LogP contribution is -2.41. The van der Waals surface area contributed by atoms with Crippen LogP contribution in [0, 0.1) is 11.3 Å². The Labute approximate surface area is 108 Å². The summed E-state index contributed by atoms with van der Waals surface area (Å²) in [6, 6.07) is 2.54. The first-order chi connectivity index (χ1) is 8.85. The van der Waals surface area contributed by atoms with Gasteiger partial charge < -0.3 is 10.2 Å². The van der Waals surface area contributed by atoms with Crippen LogP contribution < -0.4 is 10.2 Å². The minimum atomic E-state index is 0.377. The lowest BCUT2D eigenvalue weighted by molar-refractivity contribution is 0.430. The average Bonchev–Trinajstić information content (AvgIpc) is 2.45. The molecular formula is C13H19N5. The molecule has 1 aromatic rings. The first kappa shape index (κ1) is 12.8. The number of nitrogens with one attached hydrogen (secondary N) is 1. The zero-order valence-corrected chi connectivity index (χ0v) is 10.8. The van der Waals surface area contributed by atoms with Crippen molar-refractivity contribution >= 4 is 5.82 Å². The Morgan fingerprint density at radius 2 is 2.33 bits per heavy atom. The summed E-state index contributed by atoms with van der Waals surface area (Å²) in [5, 5.41) is 11.9. The molecule has 96 valence electrons. The Kier molecular flexibility index (Phi) is 4.48. The van der Waals surface area contributed by atoms with Crippen molar-refractivity contribution in [3.05, 3.63) is 18.1 Å². The van der Waals surface area contributed by atoms with E-state index in [1.807, 2.05) is 13.1 Å². The second kappa shape index (κ2) is 6.31. The lowest BCUT2D eigenvalue weighted by Gasteiger charge is -2.36. The number of nitrogens with zero attached hydrogens (tertiary/aromatic N) is 4. The molecule has 5 nitrogen and oxygen atoms in total. The fraction of sp³-hybridized carbons (Fsp3) is 0.615. The smallest absolute Gasteiger partial charge is 0.158 e. The van der Waals surface area contributed by atoms with Crippen molar-refractivity contribution in [1.29, 1.82) is 5.26 Å². The summed E-state index contributed by atoms with van der Waals surface area (Å²) in [6.07, 6.45) is 8.10. The van der Waals surface area contributed by atoms with Crippen LogP contribution in [-0.2, 0) is 0 Å². The van der Waals surface area contributed by atoms with E-state index in [1.54, 1.807) is 12.4 Å². The van der Waals surface area contributed by atoms with E-state index in [4.69, 9.17) is 5.26 Å². The molecule has 1 unspecified atom stereocenters. The summed E-state index contributed by atoms with van der Waals surface area (Å²) in [5.74, 6) is 0.898. The second-order valence-corrected chi connectivity index (χ2v) is 4.61. The highest BCUT2D eigenvalue weighted by Gasteiger charge is 2.23. The van der Waals surface area contributed by atoms with Gasteiger partial charge in [0, 0.05) is 12.6 Å². The molecule has 1 saturated heterocycles. The molecule has 0 saturated carbocycles. The quantitative estimate of drug-likeness (QED) is 0.866. The van der Waals surface area contributed by atoms with E-state index in [2.05, 4.69) is 20.2 Å². The summed E-state index contributed by atoms with van der Waals surface area (Å²) in [7, 11) is 1.98. The predicted molar refractivity (Wildman–Crippen MR) is 70.3 cm³/mol. The molecule has 0 radical (unpaired) electrons. The molecule has 0 aromatic carbocycles. The third-order valence-electron chi connectivity index (χ3n) is 3.40. The highest BCUT2D eigenvalue weighted by atomic mass is 15.2. The second-order valence-electron chi connectivity index (χ2n) is 4.61. The summed E-state index contributed by atoms with van der Waals surface area (Å²) in [5.41, 5.74) is 0.377. The van der Waals surface area contributed by atoms with Crippen molar-refractivity contribution in [1.82, 2.24) is 15.3 Å². The molecular weight excluding hydrogens is 226 g/mol. The van der Waals surface area contributed by atoms with Crippen molar-refractivity contribution in [3.63, 3.8) is 0 Å². The van der Waals surface area contributed by atoms with Crippen molar-refractivity contribution in [2.24, 2.45) is 0 Å².